The van der Waals surface area contributed by atoms with Gasteiger partial charge in [-0.1, -0.05) is 18.2 Å². The van der Waals surface area contributed by atoms with Crippen LogP contribution < -0.4 is 11.2 Å². The van der Waals surface area contributed by atoms with Crippen LogP contribution in [0, 0.1) is 6.92 Å². The molecular formula is C15H14N2O4. The Balaban J connectivity index is 2.50. The lowest BCUT2D eigenvalue weighted by Crippen LogP contribution is -2.20. The Morgan fingerprint density at radius 1 is 1.24 bits per heavy atom. The minimum atomic E-state index is -1.28. The fourth-order valence-electron chi connectivity index (χ4n) is 2.08. The lowest BCUT2D eigenvalue weighted by Gasteiger charge is -2.13. The van der Waals surface area contributed by atoms with Crippen LogP contribution in [-0.2, 0) is 6.54 Å². The Bertz CT molecular complexity index is 777. The minimum absolute atomic E-state index is 0.255. The lowest BCUT2D eigenvalue weighted by atomic mass is 10.1. The number of hydrogen-bond donors (Lipinski definition) is 2. The molecule has 3 N–H and O–H groups in total. The van der Waals surface area contributed by atoms with Crippen LogP contribution in [0.4, 0.5) is 0 Å². The molecule has 0 aliphatic carbocycles. The number of nitrogens with two attached hydrogens (primary N) is 1. The van der Waals surface area contributed by atoms with E-state index < -0.39 is 17.3 Å². The van der Waals surface area contributed by atoms with Crippen LogP contribution in [0.5, 0.6) is 0 Å². The maximum Gasteiger partial charge on any atom is 0.341 e. The van der Waals surface area contributed by atoms with Gasteiger partial charge in [0.05, 0.1) is 0 Å². The number of carboxylic acids is 1. The third-order valence-electron chi connectivity index (χ3n) is 3.20. The molecule has 1 aromatic heterocycles. The van der Waals surface area contributed by atoms with E-state index in [1.165, 1.54) is 12.3 Å². The molecule has 0 fully saturated rings. The van der Waals surface area contributed by atoms with E-state index in [0.29, 0.717) is 16.8 Å². The molecule has 0 radical (unpaired) electrons. The van der Waals surface area contributed by atoms with Crippen LogP contribution >= 0.6 is 0 Å². The van der Waals surface area contributed by atoms with Crippen molar-refractivity contribution in [1.29, 1.82) is 0 Å². The molecule has 0 saturated carbocycles. The summed E-state index contributed by atoms with van der Waals surface area (Å²) in [5, 5.41) is 9.00. The van der Waals surface area contributed by atoms with E-state index in [-0.39, 0.29) is 12.1 Å². The Labute approximate surface area is 120 Å². The molecule has 0 spiro atoms. The van der Waals surface area contributed by atoms with Gasteiger partial charge in [0.1, 0.15) is 5.56 Å². The van der Waals surface area contributed by atoms with Gasteiger partial charge in [0.2, 0.25) is 5.91 Å². The van der Waals surface area contributed by atoms with E-state index in [4.69, 9.17) is 10.8 Å². The van der Waals surface area contributed by atoms with Gasteiger partial charge in [0, 0.05) is 30.1 Å². The number of pyridine rings is 1. The molecule has 0 aliphatic heterocycles. The van der Waals surface area contributed by atoms with Crippen molar-refractivity contribution in [1.82, 2.24) is 4.57 Å². The van der Waals surface area contributed by atoms with Gasteiger partial charge < -0.3 is 15.4 Å². The first kappa shape index (κ1) is 14.5. The van der Waals surface area contributed by atoms with Gasteiger partial charge in [-0.25, -0.2) is 4.79 Å². The van der Waals surface area contributed by atoms with Gasteiger partial charge in [-0.05, 0) is 18.6 Å². The van der Waals surface area contributed by atoms with Crippen LogP contribution in [0.15, 0.2) is 41.3 Å². The third kappa shape index (κ3) is 3.00. The summed E-state index contributed by atoms with van der Waals surface area (Å²) in [5.41, 5.74) is 6.10. The number of aryl methyl sites for hydroxylation is 1. The van der Waals surface area contributed by atoms with Crippen molar-refractivity contribution >= 4 is 11.9 Å². The van der Waals surface area contributed by atoms with Crippen molar-refractivity contribution in [3.8, 4) is 0 Å². The molecule has 6 nitrogen and oxygen atoms in total. The summed E-state index contributed by atoms with van der Waals surface area (Å²) < 4.78 is 1.60. The zero-order valence-electron chi connectivity index (χ0n) is 11.4. The summed E-state index contributed by atoms with van der Waals surface area (Å²) in [4.78, 5) is 34.0. The Kier molecular flexibility index (Phi) is 3.89. The van der Waals surface area contributed by atoms with Crippen molar-refractivity contribution in [2.24, 2.45) is 5.73 Å². The number of carboxylic acid groups (broad SMARTS) is 1. The summed E-state index contributed by atoms with van der Waals surface area (Å²) in [6, 6.07) is 8.06. The number of primary amides is 1. The quantitative estimate of drug-likeness (QED) is 0.875. The fraction of sp³-hybridized carbons (Fsp3) is 0.133. The highest BCUT2D eigenvalue weighted by molar-refractivity contribution is 5.94. The largest absolute Gasteiger partial charge is 0.477 e. The van der Waals surface area contributed by atoms with Crippen molar-refractivity contribution in [3.63, 3.8) is 0 Å². The van der Waals surface area contributed by atoms with E-state index in [1.807, 2.05) is 0 Å². The van der Waals surface area contributed by atoms with Crippen LogP contribution in [0.3, 0.4) is 0 Å². The molecule has 0 aliphatic rings. The highest BCUT2D eigenvalue weighted by Gasteiger charge is 2.13. The van der Waals surface area contributed by atoms with Crippen LogP contribution in [0.25, 0.3) is 0 Å². The first-order chi connectivity index (χ1) is 9.90. The van der Waals surface area contributed by atoms with E-state index in [9.17, 15) is 14.4 Å². The molecule has 108 valence electrons. The Morgan fingerprint density at radius 2 is 1.90 bits per heavy atom. The summed E-state index contributed by atoms with van der Waals surface area (Å²) in [7, 11) is 0. The topological polar surface area (TPSA) is 102 Å². The highest BCUT2D eigenvalue weighted by atomic mass is 16.4. The van der Waals surface area contributed by atoms with Gasteiger partial charge in [-0.15, -0.1) is 0 Å². The van der Waals surface area contributed by atoms with Crippen molar-refractivity contribution in [3.05, 3.63) is 69.1 Å². The molecule has 0 unspecified atom stereocenters. The second-order valence-corrected chi connectivity index (χ2v) is 4.65. The Hall–Kier alpha value is -2.89. The zero-order valence-corrected chi connectivity index (χ0v) is 11.4. The second kappa shape index (κ2) is 5.62. The standard InChI is InChI=1S/C15H14N2O4/c1-9-6-13(18)12(15(20)21)8-17(9)7-10-4-2-3-5-11(10)14(16)19/h2-6,8H,7H2,1H3,(H2,16,19)(H,20,21). The summed E-state index contributed by atoms with van der Waals surface area (Å²) in [6.45, 7) is 1.95. The number of carbonyl (C=O) groups excluding carboxylic acids is 1. The average molecular weight is 286 g/mol. The molecule has 21 heavy (non-hydrogen) atoms. The molecule has 1 amide bonds. The summed E-state index contributed by atoms with van der Waals surface area (Å²) in [5.74, 6) is -1.83. The van der Waals surface area contributed by atoms with E-state index in [2.05, 4.69) is 0 Å². The van der Waals surface area contributed by atoms with Crippen molar-refractivity contribution in [2.45, 2.75) is 13.5 Å². The number of rotatable bonds is 4. The molecule has 2 rings (SSSR count). The SMILES string of the molecule is Cc1cc(=O)c(C(=O)O)cn1Cc1ccccc1C(N)=O. The smallest absolute Gasteiger partial charge is 0.341 e. The number of aromatic carboxylic acids is 1. The molecule has 2 aromatic rings. The first-order valence-corrected chi connectivity index (χ1v) is 6.22. The molecule has 0 bridgehead atoms. The molecule has 0 saturated heterocycles. The number of amides is 1. The van der Waals surface area contributed by atoms with Gasteiger partial charge in [0.25, 0.3) is 0 Å². The number of nitrogens with zero attached hydrogens (tertiary/aromatic N) is 1. The van der Waals surface area contributed by atoms with E-state index >= 15 is 0 Å². The maximum atomic E-state index is 11.6. The van der Waals surface area contributed by atoms with Gasteiger partial charge in [-0.3, -0.25) is 9.59 Å². The van der Waals surface area contributed by atoms with Crippen molar-refractivity contribution in [2.75, 3.05) is 0 Å². The highest BCUT2D eigenvalue weighted by Crippen LogP contribution is 2.11. The molecule has 1 heterocycles. The molecule has 1 aromatic carbocycles. The van der Waals surface area contributed by atoms with Gasteiger partial charge in [0.15, 0.2) is 5.43 Å². The molecule has 6 heteroatoms. The van der Waals surface area contributed by atoms with Crippen LogP contribution in [0.2, 0.25) is 0 Å². The van der Waals surface area contributed by atoms with Gasteiger partial charge in [-0.2, -0.15) is 0 Å². The van der Waals surface area contributed by atoms with E-state index in [0.717, 1.165) is 0 Å². The first-order valence-electron chi connectivity index (χ1n) is 6.22. The second-order valence-electron chi connectivity index (χ2n) is 4.65. The predicted octanol–water partition coefficient (Wildman–Crippen LogP) is 1.00. The third-order valence-corrected chi connectivity index (χ3v) is 3.20. The van der Waals surface area contributed by atoms with Gasteiger partial charge >= 0.3 is 5.97 Å². The summed E-state index contributed by atoms with van der Waals surface area (Å²) >= 11 is 0. The zero-order chi connectivity index (χ0) is 15.6. The number of carbonyl (C=O) groups is 2. The van der Waals surface area contributed by atoms with Crippen molar-refractivity contribution < 1.29 is 14.7 Å². The van der Waals surface area contributed by atoms with Crippen LogP contribution in [0.1, 0.15) is 32.0 Å². The lowest BCUT2D eigenvalue weighted by molar-refractivity contribution is 0.0694. The number of aromatic nitrogens is 1. The van der Waals surface area contributed by atoms with Crippen LogP contribution in [-0.4, -0.2) is 21.6 Å². The minimum Gasteiger partial charge on any atom is -0.477 e. The summed E-state index contributed by atoms with van der Waals surface area (Å²) in [6.07, 6.45) is 1.28. The number of hydrogen-bond acceptors (Lipinski definition) is 3. The maximum absolute atomic E-state index is 11.6. The normalized spacial score (nSPS) is 10.3. The average Bonchev–Trinajstić information content (AvgIpc) is 2.41. The predicted molar refractivity (Wildman–Crippen MR) is 76.5 cm³/mol. The van der Waals surface area contributed by atoms with E-state index in [1.54, 1.807) is 35.8 Å². The number of benzene rings is 1. The Morgan fingerprint density at radius 3 is 2.52 bits per heavy atom. The monoisotopic (exact) mass is 286 g/mol. The molecule has 0 atom stereocenters. The molecular weight excluding hydrogens is 272 g/mol. The fourth-order valence-corrected chi connectivity index (χ4v) is 2.08.